The molecule has 1 aliphatic heterocycles. The maximum Gasteiger partial charge on any atom is 0.264 e. The predicted octanol–water partition coefficient (Wildman–Crippen LogP) is 4.53. The number of benzene rings is 2. The minimum atomic E-state index is -3.77. The number of pyridine rings is 1. The number of aromatic nitrogens is 1. The molecule has 6 heteroatoms. The van der Waals surface area contributed by atoms with E-state index in [2.05, 4.69) is 9.88 Å². The van der Waals surface area contributed by atoms with Crippen molar-refractivity contribution in [1.82, 2.24) is 4.98 Å². The van der Waals surface area contributed by atoms with Crippen molar-refractivity contribution in [2.75, 3.05) is 22.3 Å². The lowest BCUT2D eigenvalue weighted by Crippen LogP contribution is -2.31. The molecule has 0 aliphatic carbocycles. The standard InChI is InChI=1S/C24H25N3O2S/c1-20-7-9-21(10-8-20)19-27(23-6-5-15-25-18-23)30(28,29)24-13-11-22(12-14-24)26-16-3-2-4-17-26/h1,5-15,18H,2-4,16-17,19H2. The average Bonchev–Trinajstić information content (AvgIpc) is 2.80. The fourth-order valence-electron chi connectivity index (χ4n) is 3.71. The van der Waals surface area contributed by atoms with Crippen molar-refractivity contribution in [2.24, 2.45) is 0 Å². The van der Waals surface area contributed by atoms with Gasteiger partial charge in [-0.3, -0.25) is 9.29 Å². The lowest BCUT2D eigenvalue weighted by molar-refractivity contribution is 0.577. The van der Waals surface area contributed by atoms with Gasteiger partial charge in [0.1, 0.15) is 0 Å². The maximum absolute atomic E-state index is 13.6. The van der Waals surface area contributed by atoms with Gasteiger partial charge in [-0.15, -0.1) is 0 Å². The summed E-state index contributed by atoms with van der Waals surface area (Å²) < 4.78 is 28.5. The normalized spacial score (nSPS) is 14.5. The highest BCUT2D eigenvalue weighted by Crippen LogP contribution is 2.28. The Hall–Kier alpha value is -2.86. The first-order chi connectivity index (χ1) is 14.5. The van der Waals surface area contributed by atoms with Gasteiger partial charge in [0.15, 0.2) is 0 Å². The summed E-state index contributed by atoms with van der Waals surface area (Å²) in [7, 11) is -3.77. The largest absolute Gasteiger partial charge is 0.372 e. The van der Waals surface area contributed by atoms with E-state index in [0.29, 0.717) is 11.3 Å². The molecule has 0 unspecified atom stereocenters. The molecule has 0 atom stereocenters. The first-order valence-electron chi connectivity index (χ1n) is 10.2. The summed E-state index contributed by atoms with van der Waals surface area (Å²) in [5, 5.41) is 0. The Balaban J connectivity index is 1.65. The molecule has 2 aromatic carbocycles. The molecule has 1 aliphatic rings. The molecule has 0 N–H and O–H groups in total. The van der Waals surface area contributed by atoms with Crippen LogP contribution in [0.3, 0.4) is 0 Å². The molecule has 30 heavy (non-hydrogen) atoms. The number of piperidine rings is 1. The van der Waals surface area contributed by atoms with Gasteiger partial charge in [-0.25, -0.2) is 8.42 Å². The zero-order valence-corrected chi connectivity index (χ0v) is 17.6. The minimum absolute atomic E-state index is 0.197. The third-order valence-corrected chi connectivity index (χ3v) is 7.17. The summed E-state index contributed by atoms with van der Waals surface area (Å²) in [5.74, 6) is 0. The minimum Gasteiger partial charge on any atom is -0.372 e. The van der Waals surface area contributed by atoms with Crippen LogP contribution >= 0.6 is 0 Å². The van der Waals surface area contributed by atoms with Crippen LogP contribution in [0.2, 0.25) is 0 Å². The zero-order chi connectivity index (χ0) is 21.0. The summed E-state index contributed by atoms with van der Waals surface area (Å²) in [4.78, 5) is 6.69. The van der Waals surface area contributed by atoms with E-state index in [0.717, 1.165) is 24.3 Å². The second-order valence-electron chi connectivity index (χ2n) is 7.51. The Morgan fingerprint density at radius 1 is 0.933 bits per heavy atom. The Morgan fingerprint density at radius 2 is 1.63 bits per heavy atom. The number of anilines is 2. The molecule has 1 saturated heterocycles. The van der Waals surface area contributed by atoms with Gasteiger partial charge in [0, 0.05) is 25.0 Å². The predicted molar refractivity (Wildman–Crippen MR) is 120 cm³/mol. The molecule has 0 spiro atoms. The molecule has 2 heterocycles. The van der Waals surface area contributed by atoms with E-state index in [9.17, 15) is 8.42 Å². The van der Waals surface area contributed by atoms with Crippen molar-refractivity contribution in [3.8, 4) is 0 Å². The lowest BCUT2D eigenvalue weighted by atomic mass is 10.1. The Morgan fingerprint density at radius 3 is 2.27 bits per heavy atom. The molecule has 4 rings (SSSR count). The van der Waals surface area contributed by atoms with E-state index in [1.807, 2.05) is 24.3 Å². The van der Waals surface area contributed by atoms with Crippen molar-refractivity contribution in [3.05, 3.63) is 91.1 Å². The maximum atomic E-state index is 13.6. The Kier molecular flexibility index (Phi) is 6.04. The third-order valence-electron chi connectivity index (χ3n) is 5.39. The van der Waals surface area contributed by atoms with Crippen molar-refractivity contribution in [3.63, 3.8) is 0 Å². The molecular weight excluding hydrogens is 394 g/mol. The van der Waals surface area contributed by atoms with Gasteiger partial charge < -0.3 is 4.90 Å². The summed E-state index contributed by atoms with van der Waals surface area (Å²) in [5.41, 5.74) is 3.08. The molecule has 0 saturated carbocycles. The van der Waals surface area contributed by atoms with Crippen LogP contribution in [0.15, 0.2) is 78.0 Å². The van der Waals surface area contributed by atoms with Crippen LogP contribution in [-0.4, -0.2) is 26.5 Å². The molecule has 1 fully saturated rings. The molecule has 2 radical (unpaired) electrons. The van der Waals surface area contributed by atoms with Gasteiger partial charge in [-0.2, -0.15) is 0 Å². The highest BCUT2D eigenvalue weighted by molar-refractivity contribution is 7.92. The van der Waals surface area contributed by atoms with Crippen LogP contribution in [0, 0.1) is 6.92 Å². The van der Waals surface area contributed by atoms with E-state index in [4.69, 9.17) is 6.92 Å². The highest BCUT2D eigenvalue weighted by atomic mass is 32.2. The third kappa shape index (κ3) is 4.49. The number of rotatable bonds is 6. The fraction of sp³-hybridized carbons (Fsp3) is 0.250. The highest BCUT2D eigenvalue weighted by Gasteiger charge is 2.26. The fourth-order valence-corrected chi connectivity index (χ4v) is 5.15. The van der Waals surface area contributed by atoms with Gasteiger partial charge in [0.25, 0.3) is 10.0 Å². The molecule has 0 bridgehead atoms. The van der Waals surface area contributed by atoms with Crippen LogP contribution in [0.4, 0.5) is 11.4 Å². The second kappa shape index (κ2) is 8.88. The number of nitrogens with zero attached hydrogens (tertiary/aromatic N) is 3. The van der Waals surface area contributed by atoms with Gasteiger partial charge >= 0.3 is 0 Å². The summed E-state index contributed by atoms with van der Waals surface area (Å²) >= 11 is 0. The Bertz CT molecular complexity index is 1060. The molecule has 0 amide bonds. The molecule has 154 valence electrons. The van der Waals surface area contributed by atoms with Crippen LogP contribution < -0.4 is 9.21 Å². The van der Waals surface area contributed by atoms with Crippen LogP contribution in [-0.2, 0) is 16.6 Å². The Labute approximate surface area is 179 Å². The van der Waals surface area contributed by atoms with Crippen LogP contribution in [0.5, 0.6) is 0 Å². The molecule has 3 aromatic rings. The number of hydrogen-bond donors (Lipinski definition) is 0. The van der Waals surface area contributed by atoms with Gasteiger partial charge in [-0.1, -0.05) is 24.3 Å². The monoisotopic (exact) mass is 419 g/mol. The van der Waals surface area contributed by atoms with Crippen LogP contribution in [0.25, 0.3) is 0 Å². The van der Waals surface area contributed by atoms with E-state index in [1.54, 1.807) is 48.8 Å². The topological polar surface area (TPSA) is 53.5 Å². The van der Waals surface area contributed by atoms with Gasteiger partial charge in [-0.05, 0) is 73.7 Å². The first kappa shape index (κ1) is 20.4. The summed E-state index contributed by atoms with van der Waals surface area (Å²) in [6, 6.07) is 17.9. The molecule has 5 nitrogen and oxygen atoms in total. The van der Waals surface area contributed by atoms with Crippen molar-refractivity contribution >= 4 is 21.4 Å². The van der Waals surface area contributed by atoms with Gasteiger partial charge in [0.05, 0.1) is 23.3 Å². The zero-order valence-electron chi connectivity index (χ0n) is 16.8. The number of sulfonamides is 1. The first-order valence-corrected chi connectivity index (χ1v) is 11.6. The van der Waals surface area contributed by atoms with E-state index in [1.165, 1.54) is 23.6 Å². The van der Waals surface area contributed by atoms with E-state index >= 15 is 0 Å². The second-order valence-corrected chi connectivity index (χ2v) is 9.37. The summed E-state index contributed by atoms with van der Waals surface area (Å²) in [6.07, 6.45) is 6.81. The SMILES string of the molecule is [CH]c1ccc(CN(c2cccnc2)S(=O)(=O)c2ccc(N3CCCCC3)cc2)cc1. The smallest absolute Gasteiger partial charge is 0.264 e. The quantitative estimate of drug-likeness (QED) is 0.589. The molecular formula is C24H25N3O2S. The lowest BCUT2D eigenvalue weighted by Gasteiger charge is -2.29. The number of hydrogen-bond acceptors (Lipinski definition) is 4. The summed E-state index contributed by atoms with van der Waals surface area (Å²) in [6.45, 7) is 8.01. The van der Waals surface area contributed by atoms with Crippen molar-refractivity contribution in [2.45, 2.75) is 30.7 Å². The van der Waals surface area contributed by atoms with E-state index < -0.39 is 10.0 Å². The average molecular weight is 420 g/mol. The van der Waals surface area contributed by atoms with E-state index in [-0.39, 0.29) is 11.4 Å². The van der Waals surface area contributed by atoms with Crippen molar-refractivity contribution in [1.29, 1.82) is 0 Å². The van der Waals surface area contributed by atoms with Crippen molar-refractivity contribution < 1.29 is 8.42 Å². The van der Waals surface area contributed by atoms with Crippen LogP contribution in [0.1, 0.15) is 30.4 Å². The molecule has 1 aromatic heterocycles. The van der Waals surface area contributed by atoms with Gasteiger partial charge in [0.2, 0.25) is 0 Å².